The second-order valence-electron chi connectivity index (χ2n) is 8.35. The van der Waals surface area contributed by atoms with E-state index < -0.39 is 5.97 Å². The summed E-state index contributed by atoms with van der Waals surface area (Å²) in [5.41, 5.74) is 2.67. The number of carboxylic acids is 1. The van der Waals surface area contributed by atoms with Crippen molar-refractivity contribution in [3.05, 3.63) is 59.2 Å². The number of carbonyl (C=O) groups excluding carboxylic acids is 2. The summed E-state index contributed by atoms with van der Waals surface area (Å²) in [4.78, 5) is 40.5. The first-order valence-corrected chi connectivity index (χ1v) is 10.7. The van der Waals surface area contributed by atoms with Gasteiger partial charge in [0.15, 0.2) is 0 Å². The first kappa shape index (κ1) is 23.3. The monoisotopic (exact) mass is 438 g/mol. The number of hydrogen-bond donors (Lipinski definition) is 3. The maximum atomic E-state index is 12.5. The predicted molar refractivity (Wildman–Crippen MR) is 124 cm³/mol. The second kappa shape index (κ2) is 10.3. The lowest BCUT2D eigenvalue weighted by Gasteiger charge is -2.36. The summed E-state index contributed by atoms with van der Waals surface area (Å²) >= 11 is 0. The average molecular weight is 439 g/mol. The van der Waals surface area contributed by atoms with Crippen molar-refractivity contribution >= 4 is 29.2 Å². The Kier molecular flexibility index (Phi) is 7.48. The lowest BCUT2D eigenvalue weighted by molar-refractivity contribution is -0.122. The van der Waals surface area contributed by atoms with Gasteiger partial charge in [0, 0.05) is 43.5 Å². The van der Waals surface area contributed by atoms with Crippen LogP contribution in [0.15, 0.2) is 42.5 Å². The van der Waals surface area contributed by atoms with Gasteiger partial charge in [0.05, 0.1) is 17.8 Å². The molecule has 1 heterocycles. The average Bonchev–Trinajstić information content (AvgIpc) is 2.73. The fraction of sp³-hybridized carbons (Fsp3) is 0.375. The minimum absolute atomic E-state index is 0.00613. The molecule has 3 rings (SSSR count). The van der Waals surface area contributed by atoms with Crippen molar-refractivity contribution in [3.8, 4) is 0 Å². The van der Waals surface area contributed by atoms with Gasteiger partial charge >= 0.3 is 5.97 Å². The van der Waals surface area contributed by atoms with E-state index >= 15 is 0 Å². The topological polar surface area (TPSA) is 102 Å². The van der Waals surface area contributed by atoms with Crippen molar-refractivity contribution in [3.63, 3.8) is 0 Å². The van der Waals surface area contributed by atoms with Crippen LogP contribution in [0, 0.1) is 6.92 Å². The maximum Gasteiger partial charge on any atom is 0.337 e. The number of aromatic carboxylic acids is 1. The van der Waals surface area contributed by atoms with E-state index in [2.05, 4.69) is 15.5 Å². The molecule has 0 aliphatic carbocycles. The van der Waals surface area contributed by atoms with Crippen LogP contribution < -0.4 is 15.5 Å². The molecule has 170 valence electrons. The highest BCUT2D eigenvalue weighted by molar-refractivity contribution is 6.05. The Morgan fingerprint density at radius 3 is 2.38 bits per heavy atom. The third-order valence-electron chi connectivity index (χ3n) is 5.29. The fourth-order valence-electron chi connectivity index (χ4n) is 3.77. The Labute approximate surface area is 188 Å². The number of amides is 2. The molecule has 8 heteroatoms. The minimum atomic E-state index is -1.05. The van der Waals surface area contributed by atoms with Crippen molar-refractivity contribution in [2.24, 2.45) is 0 Å². The molecule has 2 amide bonds. The summed E-state index contributed by atoms with van der Waals surface area (Å²) in [5, 5.41) is 15.4. The van der Waals surface area contributed by atoms with Crippen molar-refractivity contribution in [1.82, 2.24) is 10.2 Å². The van der Waals surface area contributed by atoms with E-state index in [-0.39, 0.29) is 23.4 Å². The molecule has 0 saturated carbocycles. The number of carboxylic acid groups (broad SMARTS) is 1. The molecule has 0 unspecified atom stereocenters. The number of aryl methyl sites for hydroxylation is 1. The van der Waals surface area contributed by atoms with Gasteiger partial charge in [0.25, 0.3) is 5.91 Å². The van der Waals surface area contributed by atoms with E-state index in [1.165, 1.54) is 6.07 Å². The highest BCUT2D eigenvalue weighted by Crippen LogP contribution is 2.26. The zero-order chi connectivity index (χ0) is 23.3. The number of anilines is 2. The molecule has 1 saturated heterocycles. The van der Waals surface area contributed by atoms with Gasteiger partial charge in [0.1, 0.15) is 0 Å². The molecule has 0 spiro atoms. The molecular weight excluding hydrogens is 408 g/mol. The maximum absolute atomic E-state index is 12.5. The summed E-state index contributed by atoms with van der Waals surface area (Å²) in [6.45, 7) is 8.65. The van der Waals surface area contributed by atoms with Gasteiger partial charge in [-0.3, -0.25) is 14.5 Å². The third-order valence-corrected chi connectivity index (χ3v) is 5.29. The fourth-order valence-corrected chi connectivity index (χ4v) is 3.77. The molecule has 8 nitrogen and oxygen atoms in total. The third kappa shape index (κ3) is 6.07. The van der Waals surface area contributed by atoms with Crippen molar-refractivity contribution < 1.29 is 19.5 Å². The van der Waals surface area contributed by atoms with Gasteiger partial charge < -0.3 is 20.6 Å². The van der Waals surface area contributed by atoms with E-state index in [1.807, 2.05) is 37.8 Å². The Bertz CT molecular complexity index is 997. The molecule has 32 heavy (non-hydrogen) atoms. The summed E-state index contributed by atoms with van der Waals surface area (Å²) in [6, 6.07) is 12.3. The van der Waals surface area contributed by atoms with Crippen LogP contribution in [0.4, 0.5) is 11.4 Å². The van der Waals surface area contributed by atoms with Crippen molar-refractivity contribution in [2.45, 2.75) is 26.8 Å². The van der Waals surface area contributed by atoms with Crippen LogP contribution in [0.3, 0.4) is 0 Å². The lowest BCUT2D eigenvalue weighted by Crippen LogP contribution is -2.50. The Morgan fingerprint density at radius 2 is 1.75 bits per heavy atom. The van der Waals surface area contributed by atoms with Gasteiger partial charge in [-0.05, 0) is 51.1 Å². The van der Waals surface area contributed by atoms with E-state index in [1.54, 1.807) is 24.3 Å². The predicted octanol–water partition coefficient (Wildman–Crippen LogP) is 2.59. The first-order chi connectivity index (χ1) is 15.2. The second-order valence-corrected chi connectivity index (χ2v) is 8.35. The van der Waals surface area contributed by atoms with E-state index in [9.17, 15) is 19.5 Å². The van der Waals surface area contributed by atoms with Gasteiger partial charge in [-0.15, -0.1) is 0 Å². The van der Waals surface area contributed by atoms with E-state index in [4.69, 9.17) is 0 Å². The molecule has 2 aromatic rings. The number of benzene rings is 2. The van der Waals surface area contributed by atoms with Crippen molar-refractivity contribution in [1.29, 1.82) is 0 Å². The van der Waals surface area contributed by atoms with Crippen LogP contribution >= 0.6 is 0 Å². The molecule has 1 aliphatic heterocycles. The molecular formula is C24H30N4O4. The highest BCUT2D eigenvalue weighted by atomic mass is 16.4. The standard InChI is InChI=1S/C24H30N4O4/c1-16(2)25-22(29)15-27-9-11-28(12-10-27)21-8-7-19(14-20(21)24(31)32)26-23(30)18-6-4-5-17(3)13-18/h4-8,13-14,16H,9-12,15H2,1-3H3,(H,25,29)(H,26,30)(H,31,32). The van der Waals surface area contributed by atoms with Crippen LogP contribution in [-0.2, 0) is 4.79 Å². The molecule has 1 aliphatic rings. The quantitative estimate of drug-likeness (QED) is 0.614. The number of nitrogens with one attached hydrogen (secondary N) is 2. The summed E-state index contributed by atoms with van der Waals surface area (Å²) in [5.74, 6) is -1.34. The van der Waals surface area contributed by atoms with Crippen LogP contribution in [0.1, 0.15) is 40.1 Å². The van der Waals surface area contributed by atoms with Gasteiger partial charge in [-0.25, -0.2) is 4.79 Å². The molecule has 0 bridgehead atoms. The molecule has 2 aromatic carbocycles. The zero-order valence-corrected chi connectivity index (χ0v) is 18.7. The molecule has 1 fully saturated rings. The Balaban J connectivity index is 1.67. The minimum Gasteiger partial charge on any atom is -0.478 e. The largest absolute Gasteiger partial charge is 0.478 e. The van der Waals surface area contributed by atoms with E-state index in [0.717, 1.165) is 5.56 Å². The zero-order valence-electron chi connectivity index (χ0n) is 18.7. The summed E-state index contributed by atoms with van der Waals surface area (Å²) in [7, 11) is 0. The smallest absolute Gasteiger partial charge is 0.337 e. The van der Waals surface area contributed by atoms with Crippen LogP contribution in [0.25, 0.3) is 0 Å². The number of carbonyl (C=O) groups is 3. The van der Waals surface area contributed by atoms with Gasteiger partial charge in [-0.1, -0.05) is 17.7 Å². The Hall–Kier alpha value is -3.39. The number of piperazine rings is 1. The molecule has 0 aromatic heterocycles. The van der Waals surface area contributed by atoms with Gasteiger partial charge in [-0.2, -0.15) is 0 Å². The number of hydrogen-bond acceptors (Lipinski definition) is 5. The van der Waals surface area contributed by atoms with Crippen molar-refractivity contribution in [2.75, 3.05) is 42.9 Å². The lowest BCUT2D eigenvalue weighted by atomic mass is 10.1. The van der Waals surface area contributed by atoms with Crippen LogP contribution in [0.5, 0.6) is 0 Å². The SMILES string of the molecule is Cc1cccc(C(=O)Nc2ccc(N3CCN(CC(=O)NC(C)C)CC3)c(C(=O)O)c2)c1. The van der Waals surface area contributed by atoms with Crippen LogP contribution in [-0.4, -0.2) is 66.6 Å². The summed E-state index contributed by atoms with van der Waals surface area (Å²) in [6.07, 6.45) is 0. The molecule has 0 radical (unpaired) electrons. The normalized spacial score (nSPS) is 14.3. The van der Waals surface area contributed by atoms with E-state index in [0.29, 0.717) is 49.7 Å². The number of rotatable bonds is 7. The number of nitrogens with zero attached hydrogens (tertiary/aromatic N) is 2. The molecule has 3 N–H and O–H groups in total. The Morgan fingerprint density at radius 1 is 1.03 bits per heavy atom. The first-order valence-electron chi connectivity index (χ1n) is 10.7. The summed E-state index contributed by atoms with van der Waals surface area (Å²) < 4.78 is 0. The highest BCUT2D eigenvalue weighted by Gasteiger charge is 2.23. The van der Waals surface area contributed by atoms with Crippen LogP contribution in [0.2, 0.25) is 0 Å². The molecule has 0 atom stereocenters. The van der Waals surface area contributed by atoms with Gasteiger partial charge in [0.2, 0.25) is 5.91 Å².